The van der Waals surface area contributed by atoms with Gasteiger partial charge in [0.1, 0.15) is 12.1 Å². The van der Waals surface area contributed by atoms with Crippen molar-refractivity contribution in [2.24, 2.45) is 5.92 Å². The summed E-state index contributed by atoms with van der Waals surface area (Å²) in [5.41, 5.74) is 1.82. The van der Waals surface area contributed by atoms with E-state index in [1.807, 2.05) is 32.0 Å². The molecule has 27 heavy (non-hydrogen) atoms. The van der Waals surface area contributed by atoms with Crippen LogP contribution in [0.1, 0.15) is 32.9 Å². The highest BCUT2D eigenvalue weighted by atomic mass is 16.4. The molecule has 1 aromatic heterocycles. The number of carbonyl (C=O) groups is 3. The lowest BCUT2D eigenvalue weighted by molar-refractivity contribution is -0.142. The van der Waals surface area contributed by atoms with Crippen LogP contribution in [-0.2, 0) is 20.8 Å². The highest BCUT2D eigenvalue weighted by Crippen LogP contribution is 2.11. The first-order chi connectivity index (χ1) is 12.8. The van der Waals surface area contributed by atoms with Crippen LogP contribution in [0.25, 0.3) is 11.0 Å². The standard InChI is InChI=1S/C19H24N4O4/c1-11(2)8-16(21-12(3)24)18(25)23-17(19(26)27)9-13-10-20-14-6-4-5-7-15(14)22-13/h4-7,10-11,16-17H,8-9H2,1-3H3,(H,21,24)(H,23,25)(H,26,27)/t16-,17-/m0/s1. The van der Waals surface area contributed by atoms with Crippen LogP contribution in [0.4, 0.5) is 0 Å². The molecule has 3 N–H and O–H groups in total. The molecule has 1 aromatic carbocycles. The number of carboxylic acids is 1. The molecule has 0 saturated heterocycles. The highest BCUT2D eigenvalue weighted by Gasteiger charge is 2.27. The van der Waals surface area contributed by atoms with E-state index >= 15 is 0 Å². The van der Waals surface area contributed by atoms with E-state index in [4.69, 9.17) is 0 Å². The Morgan fingerprint density at radius 3 is 2.33 bits per heavy atom. The molecule has 0 aliphatic heterocycles. The van der Waals surface area contributed by atoms with Gasteiger partial charge in [-0.1, -0.05) is 26.0 Å². The molecule has 1 heterocycles. The van der Waals surface area contributed by atoms with Crippen molar-refractivity contribution in [1.29, 1.82) is 0 Å². The van der Waals surface area contributed by atoms with Gasteiger partial charge in [0.25, 0.3) is 0 Å². The Bertz CT molecular complexity index is 837. The molecular formula is C19H24N4O4. The summed E-state index contributed by atoms with van der Waals surface area (Å²) in [5.74, 6) is -1.89. The van der Waals surface area contributed by atoms with Gasteiger partial charge in [-0.3, -0.25) is 14.6 Å². The third kappa shape index (κ3) is 6.02. The zero-order chi connectivity index (χ0) is 20.0. The van der Waals surface area contributed by atoms with Crippen molar-refractivity contribution < 1.29 is 19.5 Å². The van der Waals surface area contributed by atoms with E-state index in [0.717, 1.165) is 0 Å². The summed E-state index contributed by atoms with van der Waals surface area (Å²) in [7, 11) is 0. The van der Waals surface area contributed by atoms with Crippen molar-refractivity contribution in [2.45, 2.75) is 45.7 Å². The highest BCUT2D eigenvalue weighted by molar-refractivity contribution is 5.90. The Kier molecular flexibility index (Phi) is 6.81. The van der Waals surface area contributed by atoms with Crippen molar-refractivity contribution in [3.05, 3.63) is 36.2 Å². The normalized spacial score (nSPS) is 13.2. The number of hydrogen-bond acceptors (Lipinski definition) is 5. The molecule has 0 unspecified atom stereocenters. The molecule has 0 bridgehead atoms. The molecule has 8 heteroatoms. The second kappa shape index (κ2) is 9.07. The van der Waals surface area contributed by atoms with Gasteiger partial charge in [0.2, 0.25) is 11.8 Å². The van der Waals surface area contributed by atoms with Crippen LogP contribution >= 0.6 is 0 Å². The maximum absolute atomic E-state index is 12.5. The first-order valence-electron chi connectivity index (χ1n) is 8.77. The summed E-state index contributed by atoms with van der Waals surface area (Å²) in [6, 6.07) is 5.31. The molecule has 0 fully saturated rings. The van der Waals surface area contributed by atoms with E-state index in [1.165, 1.54) is 13.1 Å². The fourth-order valence-electron chi connectivity index (χ4n) is 2.72. The summed E-state index contributed by atoms with van der Waals surface area (Å²) >= 11 is 0. The van der Waals surface area contributed by atoms with Crippen LogP contribution in [0.2, 0.25) is 0 Å². The number of hydrogen-bond donors (Lipinski definition) is 3. The Morgan fingerprint density at radius 2 is 1.74 bits per heavy atom. The average Bonchev–Trinajstić information content (AvgIpc) is 2.59. The molecule has 8 nitrogen and oxygen atoms in total. The number of carbonyl (C=O) groups excluding carboxylic acids is 2. The predicted molar refractivity (Wildman–Crippen MR) is 99.9 cm³/mol. The Labute approximate surface area is 157 Å². The average molecular weight is 372 g/mol. The predicted octanol–water partition coefficient (Wildman–Crippen LogP) is 1.29. The Hall–Kier alpha value is -3.03. The lowest BCUT2D eigenvalue weighted by Crippen LogP contribution is -2.52. The third-order valence-corrected chi connectivity index (χ3v) is 3.93. The van der Waals surface area contributed by atoms with Crippen molar-refractivity contribution in [2.75, 3.05) is 0 Å². The smallest absolute Gasteiger partial charge is 0.326 e. The number of benzene rings is 1. The summed E-state index contributed by atoms with van der Waals surface area (Å²) in [4.78, 5) is 44.1. The summed E-state index contributed by atoms with van der Waals surface area (Å²) in [5, 5.41) is 14.6. The molecular weight excluding hydrogens is 348 g/mol. The number of rotatable bonds is 8. The van der Waals surface area contributed by atoms with Crippen molar-refractivity contribution in [3.8, 4) is 0 Å². The van der Waals surface area contributed by atoms with Gasteiger partial charge in [0.15, 0.2) is 0 Å². The fraction of sp³-hybridized carbons (Fsp3) is 0.421. The van der Waals surface area contributed by atoms with Gasteiger partial charge >= 0.3 is 5.97 Å². The molecule has 0 saturated carbocycles. The van der Waals surface area contributed by atoms with Crippen LogP contribution < -0.4 is 10.6 Å². The number of carboxylic acid groups (broad SMARTS) is 1. The lowest BCUT2D eigenvalue weighted by atomic mass is 10.0. The zero-order valence-electron chi connectivity index (χ0n) is 15.6. The first kappa shape index (κ1) is 20.3. The second-order valence-corrected chi connectivity index (χ2v) is 6.84. The minimum absolute atomic E-state index is 0.00657. The maximum atomic E-state index is 12.5. The van der Waals surface area contributed by atoms with Crippen molar-refractivity contribution in [1.82, 2.24) is 20.6 Å². The number of fused-ring (bicyclic) bond motifs is 1. The number of aliphatic carboxylic acids is 1. The minimum atomic E-state index is -1.18. The second-order valence-electron chi connectivity index (χ2n) is 6.84. The monoisotopic (exact) mass is 372 g/mol. The molecule has 144 valence electrons. The van der Waals surface area contributed by atoms with E-state index < -0.39 is 24.0 Å². The largest absolute Gasteiger partial charge is 0.480 e. The van der Waals surface area contributed by atoms with Crippen LogP contribution in [0, 0.1) is 5.92 Å². The molecule has 2 rings (SSSR count). The molecule has 0 spiro atoms. The number of amides is 2. The quantitative estimate of drug-likeness (QED) is 0.642. The SMILES string of the molecule is CC(=O)N[C@@H](CC(C)C)C(=O)N[C@@H](Cc1cnc2ccccc2n1)C(=O)O. The topological polar surface area (TPSA) is 121 Å². The van der Waals surface area contributed by atoms with E-state index in [1.54, 1.807) is 6.07 Å². The molecule has 2 amide bonds. The minimum Gasteiger partial charge on any atom is -0.480 e. The van der Waals surface area contributed by atoms with Gasteiger partial charge in [-0.05, 0) is 24.5 Å². The van der Waals surface area contributed by atoms with Crippen molar-refractivity contribution >= 4 is 28.8 Å². The molecule has 0 aliphatic carbocycles. The number of nitrogens with one attached hydrogen (secondary N) is 2. The first-order valence-corrected chi connectivity index (χ1v) is 8.77. The van der Waals surface area contributed by atoms with Crippen LogP contribution in [0.3, 0.4) is 0 Å². The lowest BCUT2D eigenvalue weighted by Gasteiger charge is -2.22. The molecule has 2 aromatic rings. The zero-order valence-corrected chi connectivity index (χ0v) is 15.6. The fourth-order valence-corrected chi connectivity index (χ4v) is 2.72. The van der Waals surface area contributed by atoms with E-state index in [0.29, 0.717) is 23.1 Å². The van der Waals surface area contributed by atoms with Gasteiger partial charge < -0.3 is 15.7 Å². The Morgan fingerprint density at radius 1 is 1.07 bits per heavy atom. The number of aromatic nitrogens is 2. The summed E-state index contributed by atoms with van der Waals surface area (Å²) in [6.45, 7) is 5.16. The van der Waals surface area contributed by atoms with E-state index in [2.05, 4.69) is 20.6 Å². The number of nitrogens with zero attached hydrogens (tertiary/aromatic N) is 2. The van der Waals surface area contributed by atoms with E-state index in [-0.39, 0.29) is 18.2 Å². The summed E-state index contributed by atoms with van der Waals surface area (Å²) in [6.07, 6.45) is 1.91. The summed E-state index contributed by atoms with van der Waals surface area (Å²) < 4.78 is 0. The molecule has 2 atom stereocenters. The molecule has 0 radical (unpaired) electrons. The molecule has 0 aliphatic rings. The number of para-hydroxylation sites is 2. The maximum Gasteiger partial charge on any atom is 0.326 e. The van der Waals surface area contributed by atoms with Crippen LogP contribution in [0.5, 0.6) is 0 Å². The van der Waals surface area contributed by atoms with Gasteiger partial charge in [0, 0.05) is 19.5 Å². The Balaban J connectivity index is 2.14. The van der Waals surface area contributed by atoms with Crippen LogP contribution in [0.15, 0.2) is 30.5 Å². The van der Waals surface area contributed by atoms with Gasteiger partial charge in [-0.25, -0.2) is 9.78 Å². The van der Waals surface area contributed by atoms with Crippen LogP contribution in [-0.4, -0.2) is 44.9 Å². The van der Waals surface area contributed by atoms with E-state index in [9.17, 15) is 19.5 Å². The van der Waals surface area contributed by atoms with Gasteiger partial charge in [-0.2, -0.15) is 0 Å². The van der Waals surface area contributed by atoms with Gasteiger partial charge in [0.05, 0.1) is 16.7 Å². The third-order valence-electron chi connectivity index (χ3n) is 3.93. The van der Waals surface area contributed by atoms with Crippen molar-refractivity contribution in [3.63, 3.8) is 0 Å². The van der Waals surface area contributed by atoms with Gasteiger partial charge in [-0.15, -0.1) is 0 Å².